The van der Waals surface area contributed by atoms with Crippen LogP contribution in [0, 0.1) is 11.3 Å². The number of carbonyl (C=O) groups is 1. The Balaban J connectivity index is 1.67. The van der Waals surface area contributed by atoms with Crippen molar-refractivity contribution in [3.63, 3.8) is 0 Å². The Morgan fingerprint density at radius 3 is 2.82 bits per heavy atom. The zero-order valence-corrected chi connectivity index (χ0v) is 19.3. The van der Waals surface area contributed by atoms with E-state index in [1.165, 1.54) is 10.4 Å². The van der Waals surface area contributed by atoms with Crippen LogP contribution in [0.25, 0.3) is 0 Å². The zero-order valence-electron chi connectivity index (χ0n) is 16.2. The van der Waals surface area contributed by atoms with Crippen molar-refractivity contribution in [2.45, 2.75) is 52.6 Å². The third-order valence-corrected chi connectivity index (χ3v) is 8.44. The van der Waals surface area contributed by atoms with E-state index >= 15 is 0 Å². The number of nitrogens with one attached hydrogen (secondary N) is 2. The molecule has 4 rings (SSSR count). The van der Waals surface area contributed by atoms with Gasteiger partial charge in [-0.05, 0) is 64.2 Å². The van der Waals surface area contributed by atoms with Crippen LogP contribution in [0.3, 0.4) is 0 Å². The van der Waals surface area contributed by atoms with E-state index in [-0.39, 0.29) is 11.7 Å². The molecule has 0 unspecified atom stereocenters. The molecule has 0 radical (unpaired) electrons. The van der Waals surface area contributed by atoms with Gasteiger partial charge in [-0.3, -0.25) is 4.79 Å². The minimum atomic E-state index is -0.516. The molecule has 2 heterocycles. The van der Waals surface area contributed by atoms with Gasteiger partial charge >= 0.3 is 0 Å². The molecule has 1 amide bonds. The van der Waals surface area contributed by atoms with Crippen molar-refractivity contribution in [1.82, 2.24) is 5.32 Å². The number of aromatic hydroxyl groups is 1. The standard InChI is InChI=1S/C21H24BrClN2O2S/c1-4-21(2,3)10-5-6-12-15(7-10)28-20-16(12)19(27)24-18(25-20)13-8-11(23)9-14(22)17(13)26/h8-10,18,25-26H,4-7H2,1-3H3,(H,24,27)/t10-,18+/m0/s1. The lowest BCUT2D eigenvalue weighted by Gasteiger charge is -2.36. The number of hydrogen-bond acceptors (Lipinski definition) is 4. The minimum absolute atomic E-state index is 0.0803. The molecule has 28 heavy (non-hydrogen) atoms. The quantitative estimate of drug-likeness (QED) is 0.482. The van der Waals surface area contributed by atoms with Gasteiger partial charge in [0.15, 0.2) is 0 Å². The molecule has 1 aromatic heterocycles. The number of fused-ring (bicyclic) bond motifs is 3. The first kappa shape index (κ1) is 20.0. The van der Waals surface area contributed by atoms with Crippen LogP contribution in [0.2, 0.25) is 5.02 Å². The molecule has 0 saturated heterocycles. The molecule has 7 heteroatoms. The third-order valence-electron chi connectivity index (χ3n) is 6.43. The first-order chi connectivity index (χ1) is 13.2. The Bertz CT molecular complexity index is 956. The highest BCUT2D eigenvalue weighted by atomic mass is 79.9. The molecule has 2 atom stereocenters. The Kier molecular flexibility index (Phi) is 5.17. The van der Waals surface area contributed by atoms with Gasteiger partial charge in [0.1, 0.15) is 16.9 Å². The maximum absolute atomic E-state index is 12.9. The van der Waals surface area contributed by atoms with E-state index in [4.69, 9.17) is 11.6 Å². The van der Waals surface area contributed by atoms with Gasteiger partial charge in [-0.15, -0.1) is 11.3 Å². The smallest absolute Gasteiger partial charge is 0.256 e. The summed E-state index contributed by atoms with van der Waals surface area (Å²) in [5, 5.41) is 18.2. The summed E-state index contributed by atoms with van der Waals surface area (Å²) in [4.78, 5) is 14.3. The van der Waals surface area contributed by atoms with E-state index < -0.39 is 6.17 Å². The molecule has 0 saturated carbocycles. The highest BCUT2D eigenvalue weighted by Crippen LogP contribution is 2.47. The van der Waals surface area contributed by atoms with Crippen LogP contribution in [0.5, 0.6) is 5.75 Å². The zero-order chi connectivity index (χ0) is 20.2. The number of halogens is 2. The summed E-state index contributed by atoms with van der Waals surface area (Å²) in [5.41, 5.74) is 2.83. The number of amides is 1. The molecular weight excluding hydrogens is 460 g/mol. The second kappa shape index (κ2) is 7.22. The van der Waals surface area contributed by atoms with E-state index in [0.717, 1.165) is 36.2 Å². The highest BCUT2D eigenvalue weighted by molar-refractivity contribution is 9.10. The van der Waals surface area contributed by atoms with Crippen molar-refractivity contribution < 1.29 is 9.90 Å². The first-order valence-electron chi connectivity index (χ1n) is 9.61. The predicted octanol–water partition coefficient (Wildman–Crippen LogP) is 6.26. The van der Waals surface area contributed by atoms with Crippen LogP contribution in [-0.4, -0.2) is 11.0 Å². The minimum Gasteiger partial charge on any atom is -0.506 e. The van der Waals surface area contributed by atoms with Gasteiger partial charge in [0.05, 0.1) is 10.0 Å². The normalized spacial score (nSPS) is 21.5. The maximum Gasteiger partial charge on any atom is 0.256 e. The summed E-state index contributed by atoms with van der Waals surface area (Å²) in [6.45, 7) is 6.94. The molecule has 0 bridgehead atoms. The fourth-order valence-corrected chi connectivity index (χ4v) is 6.40. The summed E-state index contributed by atoms with van der Waals surface area (Å²) >= 11 is 11.2. The molecule has 1 aromatic carbocycles. The van der Waals surface area contributed by atoms with Crippen molar-refractivity contribution in [3.8, 4) is 5.75 Å². The van der Waals surface area contributed by atoms with E-state index in [0.29, 0.717) is 26.4 Å². The second-order valence-electron chi connectivity index (χ2n) is 8.37. The van der Waals surface area contributed by atoms with E-state index in [1.807, 2.05) is 0 Å². The van der Waals surface area contributed by atoms with E-state index in [1.54, 1.807) is 23.5 Å². The van der Waals surface area contributed by atoms with Gasteiger partial charge in [-0.25, -0.2) is 0 Å². The van der Waals surface area contributed by atoms with Crippen LogP contribution in [0.1, 0.15) is 66.1 Å². The van der Waals surface area contributed by atoms with Crippen molar-refractivity contribution in [2.24, 2.45) is 11.3 Å². The number of hydrogen-bond donors (Lipinski definition) is 3. The molecule has 1 aliphatic carbocycles. The highest BCUT2D eigenvalue weighted by Gasteiger charge is 2.37. The molecule has 150 valence electrons. The SMILES string of the molecule is CCC(C)(C)[C@H]1CCc2c(sc3c2C(=O)N[C@@H](c2cc(Cl)cc(Br)c2O)N3)C1. The van der Waals surface area contributed by atoms with Crippen molar-refractivity contribution in [1.29, 1.82) is 0 Å². The fourth-order valence-electron chi connectivity index (χ4n) is 4.22. The summed E-state index contributed by atoms with van der Waals surface area (Å²) in [5.74, 6) is 0.633. The maximum atomic E-state index is 12.9. The number of carbonyl (C=O) groups excluding carboxylic acids is 1. The average Bonchev–Trinajstić information content (AvgIpc) is 3.02. The average molecular weight is 484 g/mol. The third kappa shape index (κ3) is 3.33. The lowest BCUT2D eigenvalue weighted by molar-refractivity contribution is 0.0934. The Morgan fingerprint density at radius 1 is 1.36 bits per heavy atom. The number of thiophene rings is 1. The Hall–Kier alpha value is -1.24. The molecular formula is C21H24BrClN2O2S. The molecule has 0 fully saturated rings. The van der Waals surface area contributed by atoms with Gasteiger partial charge in [-0.1, -0.05) is 38.8 Å². The van der Waals surface area contributed by atoms with Crippen molar-refractivity contribution >= 4 is 49.8 Å². The molecule has 1 aliphatic heterocycles. The summed E-state index contributed by atoms with van der Waals surface area (Å²) in [7, 11) is 0. The van der Waals surface area contributed by atoms with Crippen molar-refractivity contribution in [3.05, 3.63) is 43.2 Å². The Morgan fingerprint density at radius 2 is 2.11 bits per heavy atom. The van der Waals surface area contributed by atoms with Gasteiger partial charge in [-0.2, -0.15) is 0 Å². The summed E-state index contributed by atoms with van der Waals surface area (Å²) < 4.78 is 0.506. The lowest BCUT2D eigenvalue weighted by Crippen LogP contribution is -2.38. The number of benzene rings is 1. The topological polar surface area (TPSA) is 61.4 Å². The molecule has 0 spiro atoms. The van der Waals surface area contributed by atoms with Crippen LogP contribution in [-0.2, 0) is 12.8 Å². The molecule has 2 aliphatic rings. The first-order valence-corrected chi connectivity index (χ1v) is 11.6. The van der Waals surface area contributed by atoms with Crippen molar-refractivity contribution in [2.75, 3.05) is 5.32 Å². The number of phenols is 1. The van der Waals surface area contributed by atoms with Gasteiger partial charge in [0, 0.05) is 15.5 Å². The fraction of sp³-hybridized carbons (Fsp3) is 0.476. The summed E-state index contributed by atoms with van der Waals surface area (Å²) in [6.07, 6.45) is 3.74. The second-order valence-corrected chi connectivity index (χ2v) is 10.8. The number of phenolic OH excluding ortho intramolecular Hbond substituents is 1. The van der Waals surface area contributed by atoms with Crippen LogP contribution in [0.15, 0.2) is 16.6 Å². The monoisotopic (exact) mass is 482 g/mol. The predicted molar refractivity (Wildman–Crippen MR) is 119 cm³/mol. The van der Waals surface area contributed by atoms with Gasteiger partial charge in [0.25, 0.3) is 5.91 Å². The van der Waals surface area contributed by atoms with E-state index in [2.05, 4.69) is 47.3 Å². The number of anilines is 1. The molecule has 3 N–H and O–H groups in total. The largest absolute Gasteiger partial charge is 0.506 e. The molecule has 2 aromatic rings. The Labute approximate surface area is 182 Å². The van der Waals surface area contributed by atoms with Crippen LogP contribution >= 0.6 is 38.9 Å². The van der Waals surface area contributed by atoms with Crippen LogP contribution in [0.4, 0.5) is 5.00 Å². The number of rotatable bonds is 3. The van der Waals surface area contributed by atoms with Gasteiger partial charge in [0.2, 0.25) is 0 Å². The summed E-state index contributed by atoms with van der Waals surface area (Å²) in [6, 6.07) is 3.31. The lowest BCUT2D eigenvalue weighted by atomic mass is 9.69. The van der Waals surface area contributed by atoms with E-state index in [9.17, 15) is 9.90 Å². The van der Waals surface area contributed by atoms with Crippen LogP contribution < -0.4 is 10.6 Å². The van der Waals surface area contributed by atoms with Gasteiger partial charge < -0.3 is 15.7 Å². The molecule has 4 nitrogen and oxygen atoms in total.